The fraction of sp³-hybridized carbons (Fsp3) is 0.200. The summed E-state index contributed by atoms with van der Waals surface area (Å²) in [5.41, 5.74) is 8.76. The zero-order valence-electron chi connectivity index (χ0n) is 10.3. The number of ether oxygens (including phenoxy) is 1. The second-order valence-electron chi connectivity index (χ2n) is 4.13. The lowest BCUT2D eigenvalue weighted by Gasteiger charge is -2.10. The molecule has 94 valence electrons. The van der Waals surface area contributed by atoms with Crippen LogP contribution < -0.4 is 10.5 Å². The molecule has 0 saturated carbocycles. The number of hydrogen-bond acceptors (Lipinski definition) is 2. The summed E-state index contributed by atoms with van der Waals surface area (Å²) in [6.07, 6.45) is 0. The van der Waals surface area contributed by atoms with Crippen molar-refractivity contribution in [1.82, 2.24) is 0 Å². The molecule has 0 aromatic heterocycles. The van der Waals surface area contributed by atoms with E-state index in [9.17, 15) is 0 Å². The van der Waals surface area contributed by atoms with Gasteiger partial charge < -0.3 is 10.5 Å². The first-order valence-electron chi connectivity index (χ1n) is 5.90. The highest BCUT2D eigenvalue weighted by molar-refractivity contribution is 6.30. The Labute approximate surface area is 112 Å². The Bertz CT molecular complexity index is 540. The topological polar surface area (TPSA) is 35.2 Å². The highest BCUT2D eigenvalue weighted by Crippen LogP contribution is 2.27. The van der Waals surface area contributed by atoms with E-state index in [0.29, 0.717) is 13.2 Å². The van der Waals surface area contributed by atoms with Crippen molar-refractivity contribution in [2.75, 3.05) is 13.2 Å². The molecule has 2 aromatic rings. The van der Waals surface area contributed by atoms with Gasteiger partial charge in [0.25, 0.3) is 0 Å². The van der Waals surface area contributed by atoms with Gasteiger partial charge in [0.15, 0.2) is 0 Å². The predicted molar refractivity (Wildman–Crippen MR) is 76.2 cm³/mol. The van der Waals surface area contributed by atoms with Gasteiger partial charge in [0, 0.05) is 11.6 Å². The van der Waals surface area contributed by atoms with Gasteiger partial charge in [0.1, 0.15) is 12.4 Å². The van der Waals surface area contributed by atoms with Crippen LogP contribution in [0.5, 0.6) is 5.75 Å². The SMILES string of the molecule is Cc1cc(-c2cccc(Cl)c2)ccc1OCCN. The van der Waals surface area contributed by atoms with Gasteiger partial charge in [-0.25, -0.2) is 0 Å². The first-order valence-corrected chi connectivity index (χ1v) is 6.28. The van der Waals surface area contributed by atoms with Crippen LogP contribution in [0.3, 0.4) is 0 Å². The van der Waals surface area contributed by atoms with Crippen molar-refractivity contribution >= 4 is 11.6 Å². The molecule has 0 saturated heterocycles. The molecule has 2 N–H and O–H groups in total. The van der Waals surface area contributed by atoms with Crippen LogP contribution in [0.1, 0.15) is 5.56 Å². The molecule has 0 aliphatic carbocycles. The van der Waals surface area contributed by atoms with Crippen LogP contribution in [0, 0.1) is 6.92 Å². The van der Waals surface area contributed by atoms with E-state index in [-0.39, 0.29) is 0 Å². The maximum Gasteiger partial charge on any atom is 0.122 e. The van der Waals surface area contributed by atoms with Gasteiger partial charge in [0.05, 0.1) is 0 Å². The smallest absolute Gasteiger partial charge is 0.122 e. The maximum atomic E-state index is 6.00. The van der Waals surface area contributed by atoms with Gasteiger partial charge in [0.2, 0.25) is 0 Å². The maximum absolute atomic E-state index is 6.00. The van der Waals surface area contributed by atoms with E-state index in [0.717, 1.165) is 27.5 Å². The van der Waals surface area contributed by atoms with Crippen LogP contribution in [0.25, 0.3) is 11.1 Å². The van der Waals surface area contributed by atoms with E-state index in [2.05, 4.69) is 6.07 Å². The quantitative estimate of drug-likeness (QED) is 0.912. The lowest BCUT2D eigenvalue weighted by molar-refractivity contribution is 0.326. The minimum Gasteiger partial charge on any atom is -0.492 e. The summed E-state index contributed by atoms with van der Waals surface area (Å²) in [6, 6.07) is 13.9. The number of hydrogen-bond donors (Lipinski definition) is 1. The lowest BCUT2D eigenvalue weighted by Crippen LogP contribution is -2.11. The number of benzene rings is 2. The van der Waals surface area contributed by atoms with Gasteiger partial charge in [-0.2, -0.15) is 0 Å². The Morgan fingerprint density at radius 1 is 1.11 bits per heavy atom. The predicted octanol–water partition coefficient (Wildman–Crippen LogP) is 3.65. The van der Waals surface area contributed by atoms with Crippen molar-refractivity contribution < 1.29 is 4.74 Å². The molecule has 0 heterocycles. The summed E-state index contributed by atoms with van der Waals surface area (Å²) >= 11 is 6.00. The first kappa shape index (κ1) is 12.9. The average molecular weight is 262 g/mol. The van der Waals surface area contributed by atoms with Crippen LogP contribution in [0.15, 0.2) is 42.5 Å². The van der Waals surface area contributed by atoms with Gasteiger partial charge in [-0.05, 0) is 47.9 Å². The minimum absolute atomic E-state index is 0.523. The first-order chi connectivity index (χ1) is 8.70. The Hall–Kier alpha value is -1.51. The Morgan fingerprint density at radius 2 is 1.89 bits per heavy atom. The number of aryl methyl sites for hydroxylation is 1. The molecule has 0 radical (unpaired) electrons. The number of nitrogens with two attached hydrogens (primary N) is 1. The lowest BCUT2D eigenvalue weighted by atomic mass is 10.0. The van der Waals surface area contributed by atoms with Crippen LogP contribution in [0.4, 0.5) is 0 Å². The molecule has 18 heavy (non-hydrogen) atoms. The molecule has 2 aromatic carbocycles. The third-order valence-corrected chi connectivity index (χ3v) is 2.94. The van der Waals surface area contributed by atoms with Crippen LogP contribution in [-0.2, 0) is 0 Å². The van der Waals surface area contributed by atoms with E-state index < -0.39 is 0 Å². The Kier molecular flexibility index (Phi) is 4.24. The summed E-state index contributed by atoms with van der Waals surface area (Å²) in [4.78, 5) is 0. The highest BCUT2D eigenvalue weighted by atomic mass is 35.5. The Balaban J connectivity index is 2.28. The van der Waals surface area contributed by atoms with Crippen molar-refractivity contribution in [2.24, 2.45) is 5.73 Å². The van der Waals surface area contributed by atoms with Crippen molar-refractivity contribution in [2.45, 2.75) is 6.92 Å². The molecule has 0 atom stereocenters. The van der Waals surface area contributed by atoms with Crippen molar-refractivity contribution in [1.29, 1.82) is 0 Å². The van der Waals surface area contributed by atoms with Gasteiger partial charge in [-0.1, -0.05) is 29.8 Å². The van der Waals surface area contributed by atoms with Crippen LogP contribution in [0.2, 0.25) is 5.02 Å². The van der Waals surface area contributed by atoms with Gasteiger partial charge in [-0.15, -0.1) is 0 Å². The number of rotatable bonds is 4. The van der Waals surface area contributed by atoms with Crippen molar-refractivity contribution in [3.8, 4) is 16.9 Å². The molecular formula is C15H16ClNO. The Morgan fingerprint density at radius 3 is 2.56 bits per heavy atom. The average Bonchev–Trinajstić information content (AvgIpc) is 2.37. The van der Waals surface area contributed by atoms with Crippen LogP contribution in [-0.4, -0.2) is 13.2 Å². The molecule has 0 bridgehead atoms. The summed E-state index contributed by atoms with van der Waals surface area (Å²) < 4.78 is 5.55. The summed E-state index contributed by atoms with van der Waals surface area (Å²) in [5, 5.41) is 0.744. The molecule has 2 nitrogen and oxygen atoms in total. The zero-order valence-corrected chi connectivity index (χ0v) is 11.1. The standard InChI is InChI=1S/C15H16ClNO/c1-11-9-13(5-6-15(11)18-8-7-17)12-3-2-4-14(16)10-12/h2-6,9-10H,7-8,17H2,1H3. The molecule has 0 amide bonds. The second-order valence-corrected chi connectivity index (χ2v) is 4.56. The van der Waals surface area contributed by atoms with Crippen molar-refractivity contribution in [3.63, 3.8) is 0 Å². The second kappa shape index (κ2) is 5.89. The van der Waals surface area contributed by atoms with E-state index in [1.807, 2.05) is 43.3 Å². The van der Waals surface area contributed by atoms with Crippen LogP contribution >= 0.6 is 11.6 Å². The molecule has 0 aliphatic rings. The highest BCUT2D eigenvalue weighted by Gasteiger charge is 2.03. The number of halogens is 1. The molecule has 3 heteroatoms. The van der Waals surface area contributed by atoms with Gasteiger partial charge >= 0.3 is 0 Å². The monoisotopic (exact) mass is 261 g/mol. The fourth-order valence-electron chi connectivity index (χ4n) is 1.83. The zero-order chi connectivity index (χ0) is 13.0. The molecule has 0 fully saturated rings. The van der Waals surface area contributed by atoms with Crippen molar-refractivity contribution in [3.05, 3.63) is 53.1 Å². The molecule has 0 unspecified atom stereocenters. The largest absolute Gasteiger partial charge is 0.492 e. The summed E-state index contributed by atoms with van der Waals surface area (Å²) in [5.74, 6) is 0.881. The minimum atomic E-state index is 0.523. The van der Waals surface area contributed by atoms with E-state index in [1.54, 1.807) is 0 Å². The van der Waals surface area contributed by atoms with Gasteiger partial charge in [-0.3, -0.25) is 0 Å². The normalized spacial score (nSPS) is 10.4. The van der Waals surface area contributed by atoms with E-state index in [1.165, 1.54) is 0 Å². The molecule has 0 spiro atoms. The fourth-order valence-corrected chi connectivity index (χ4v) is 2.02. The molecule has 2 rings (SSSR count). The summed E-state index contributed by atoms with van der Waals surface area (Å²) in [7, 11) is 0. The van der Waals surface area contributed by atoms with E-state index >= 15 is 0 Å². The summed E-state index contributed by atoms with van der Waals surface area (Å²) in [6.45, 7) is 3.09. The third kappa shape index (κ3) is 3.03. The molecule has 0 aliphatic heterocycles. The molecular weight excluding hydrogens is 246 g/mol. The van der Waals surface area contributed by atoms with E-state index in [4.69, 9.17) is 22.1 Å². The third-order valence-electron chi connectivity index (χ3n) is 2.71.